The molecule has 1 aliphatic heterocycles. The van der Waals surface area contributed by atoms with Gasteiger partial charge in [-0.15, -0.1) is 0 Å². The molecule has 1 N–H and O–H groups in total. The maximum Gasteiger partial charge on any atom is 0.255 e. The van der Waals surface area contributed by atoms with Crippen LogP contribution in [0.4, 0.5) is 0 Å². The summed E-state index contributed by atoms with van der Waals surface area (Å²) in [5, 5.41) is 0.282. The Balaban J connectivity index is 2.21. The lowest BCUT2D eigenvalue weighted by molar-refractivity contribution is 0.0759. The van der Waals surface area contributed by atoms with E-state index in [1.165, 1.54) is 31.7 Å². The highest BCUT2D eigenvalue weighted by atomic mass is 35.5. The van der Waals surface area contributed by atoms with Crippen LogP contribution in [0.3, 0.4) is 0 Å². The molecular weight excluding hydrogens is 348 g/mol. The first-order chi connectivity index (χ1) is 11.4. The van der Waals surface area contributed by atoms with Crippen LogP contribution in [0.1, 0.15) is 49.4 Å². The molecule has 1 fully saturated rings. The molecule has 7 heteroatoms. The molecular formula is C17H25ClN2O3S. The van der Waals surface area contributed by atoms with E-state index in [1.807, 2.05) is 0 Å². The molecule has 0 bridgehead atoms. The van der Waals surface area contributed by atoms with Crippen molar-refractivity contribution < 1.29 is 13.2 Å². The smallest absolute Gasteiger partial charge is 0.255 e. The van der Waals surface area contributed by atoms with Gasteiger partial charge in [-0.2, -0.15) is 0 Å². The van der Waals surface area contributed by atoms with E-state index in [-0.39, 0.29) is 21.4 Å². The highest BCUT2D eigenvalue weighted by molar-refractivity contribution is 7.89. The summed E-state index contributed by atoms with van der Waals surface area (Å²) in [7, 11) is -2.26. The number of sulfonamides is 1. The van der Waals surface area contributed by atoms with Gasteiger partial charge in [0.1, 0.15) is 0 Å². The van der Waals surface area contributed by atoms with E-state index in [1.54, 1.807) is 4.90 Å². The highest BCUT2D eigenvalue weighted by Crippen LogP contribution is 2.26. The van der Waals surface area contributed by atoms with Crippen molar-refractivity contribution in [3.63, 3.8) is 0 Å². The Hall–Kier alpha value is -1.11. The van der Waals surface area contributed by atoms with Crippen LogP contribution in [0.25, 0.3) is 0 Å². The monoisotopic (exact) mass is 372 g/mol. The topological polar surface area (TPSA) is 66.5 Å². The Bertz CT molecular complexity index is 691. The third-order valence-corrected chi connectivity index (χ3v) is 6.32. The second-order valence-electron chi connectivity index (χ2n) is 6.23. The number of carbonyl (C=O) groups is 1. The molecule has 0 aromatic heterocycles. The molecule has 0 spiro atoms. The van der Waals surface area contributed by atoms with Crippen molar-refractivity contribution in [2.45, 2.75) is 43.9 Å². The van der Waals surface area contributed by atoms with Crippen molar-refractivity contribution in [1.82, 2.24) is 9.62 Å². The second-order valence-corrected chi connectivity index (χ2v) is 8.52. The molecule has 1 aromatic carbocycles. The van der Waals surface area contributed by atoms with Crippen LogP contribution in [-0.2, 0) is 10.0 Å². The van der Waals surface area contributed by atoms with Crippen molar-refractivity contribution in [3.8, 4) is 0 Å². The molecule has 0 aliphatic carbocycles. The van der Waals surface area contributed by atoms with E-state index in [2.05, 4.69) is 11.6 Å². The maximum atomic E-state index is 12.8. The average molecular weight is 373 g/mol. The minimum Gasteiger partial charge on any atom is -0.339 e. The zero-order valence-corrected chi connectivity index (χ0v) is 15.8. The van der Waals surface area contributed by atoms with E-state index in [0.717, 1.165) is 25.7 Å². The molecule has 0 saturated carbocycles. The Kier molecular flexibility index (Phi) is 6.66. The van der Waals surface area contributed by atoms with Crippen molar-refractivity contribution in [2.24, 2.45) is 5.92 Å². The molecule has 5 nitrogen and oxygen atoms in total. The Morgan fingerprint density at radius 1 is 1.33 bits per heavy atom. The van der Waals surface area contributed by atoms with Crippen LogP contribution in [0.15, 0.2) is 23.1 Å². The van der Waals surface area contributed by atoms with E-state index in [9.17, 15) is 13.2 Å². The third kappa shape index (κ3) is 4.49. The van der Waals surface area contributed by atoms with Crippen molar-refractivity contribution >= 4 is 27.5 Å². The summed E-state index contributed by atoms with van der Waals surface area (Å²) < 4.78 is 26.2. The normalized spacial score (nSPS) is 19.1. The van der Waals surface area contributed by atoms with Crippen LogP contribution in [-0.4, -0.2) is 39.4 Å². The number of hydrogen-bond donors (Lipinski definition) is 1. The van der Waals surface area contributed by atoms with E-state index < -0.39 is 10.0 Å². The number of benzene rings is 1. The second kappa shape index (κ2) is 8.32. The fourth-order valence-corrected chi connectivity index (χ4v) is 4.14. The van der Waals surface area contributed by atoms with Gasteiger partial charge in [0.2, 0.25) is 10.0 Å². The predicted octanol–water partition coefficient (Wildman–Crippen LogP) is 3.29. The molecule has 1 heterocycles. The van der Waals surface area contributed by atoms with E-state index in [0.29, 0.717) is 19.0 Å². The van der Waals surface area contributed by atoms with Gasteiger partial charge in [0.05, 0.1) is 15.5 Å². The van der Waals surface area contributed by atoms with Crippen LogP contribution in [0.5, 0.6) is 0 Å². The van der Waals surface area contributed by atoms with Crippen molar-refractivity contribution in [2.75, 3.05) is 20.1 Å². The summed E-state index contributed by atoms with van der Waals surface area (Å²) in [6.07, 6.45) is 5.46. The van der Waals surface area contributed by atoms with Gasteiger partial charge in [-0.3, -0.25) is 4.79 Å². The number of carbonyl (C=O) groups excluding carboxylic acids is 1. The molecule has 2 rings (SSSR count). The number of rotatable bonds is 5. The van der Waals surface area contributed by atoms with Crippen LogP contribution in [0.2, 0.25) is 5.02 Å². The zero-order chi connectivity index (χ0) is 17.7. The summed E-state index contributed by atoms with van der Waals surface area (Å²) >= 11 is 6.16. The van der Waals surface area contributed by atoms with Crippen molar-refractivity contribution in [3.05, 3.63) is 28.8 Å². The van der Waals surface area contributed by atoms with Gasteiger partial charge in [-0.05, 0) is 50.4 Å². The standard InChI is InChI=1S/C17H25ClN2O3S/c1-3-5-13-6-4-10-20(11-9-13)17(21)15-12-14(7-8-16(15)18)24(22,23)19-2/h7-8,12-13,19H,3-6,9-11H2,1-2H3. The summed E-state index contributed by atoms with van der Waals surface area (Å²) in [6, 6.07) is 4.24. The first-order valence-corrected chi connectivity index (χ1v) is 10.3. The lowest BCUT2D eigenvalue weighted by Gasteiger charge is -2.21. The van der Waals surface area contributed by atoms with E-state index in [4.69, 9.17) is 11.6 Å². The largest absolute Gasteiger partial charge is 0.339 e. The third-order valence-electron chi connectivity index (χ3n) is 4.58. The van der Waals surface area contributed by atoms with Crippen LogP contribution >= 0.6 is 11.6 Å². The van der Waals surface area contributed by atoms with Gasteiger partial charge in [0, 0.05) is 13.1 Å². The molecule has 1 amide bonds. The van der Waals surface area contributed by atoms with Gasteiger partial charge in [0.25, 0.3) is 5.91 Å². The fraction of sp³-hybridized carbons (Fsp3) is 0.588. The highest BCUT2D eigenvalue weighted by Gasteiger charge is 2.24. The number of nitrogens with one attached hydrogen (secondary N) is 1. The molecule has 24 heavy (non-hydrogen) atoms. The summed E-state index contributed by atoms with van der Waals surface area (Å²) in [5.41, 5.74) is 0.252. The van der Waals surface area contributed by atoms with E-state index >= 15 is 0 Å². The van der Waals surface area contributed by atoms with Gasteiger partial charge >= 0.3 is 0 Å². The predicted molar refractivity (Wildman–Crippen MR) is 95.9 cm³/mol. The molecule has 1 aromatic rings. The summed E-state index contributed by atoms with van der Waals surface area (Å²) in [4.78, 5) is 14.7. The van der Waals surface area contributed by atoms with Crippen LogP contribution in [0, 0.1) is 5.92 Å². The zero-order valence-electron chi connectivity index (χ0n) is 14.2. The van der Waals surface area contributed by atoms with Crippen molar-refractivity contribution in [1.29, 1.82) is 0 Å². The first kappa shape index (κ1) is 19.2. The molecule has 134 valence electrons. The lowest BCUT2D eigenvalue weighted by atomic mass is 9.96. The number of nitrogens with zero attached hydrogens (tertiary/aromatic N) is 1. The van der Waals surface area contributed by atoms with Gasteiger partial charge < -0.3 is 4.90 Å². The van der Waals surface area contributed by atoms with Crippen LogP contribution < -0.4 is 4.72 Å². The SMILES string of the molecule is CCCC1CCCN(C(=O)c2cc(S(=O)(=O)NC)ccc2Cl)CC1. The van der Waals surface area contributed by atoms with Gasteiger partial charge in [-0.25, -0.2) is 13.1 Å². The first-order valence-electron chi connectivity index (χ1n) is 8.41. The Morgan fingerprint density at radius 3 is 2.75 bits per heavy atom. The molecule has 1 unspecified atom stereocenters. The average Bonchev–Trinajstić information content (AvgIpc) is 2.80. The molecule has 1 saturated heterocycles. The number of amides is 1. The summed E-state index contributed by atoms with van der Waals surface area (Å²) in [5.74, 6) is 0.476. The quantitative estimate of drug-likeness (QED) is 0.862. The molecule has 1 atom stereocenters. The molecule has 1 aliphatic rings. The Morgan fingerprint density at radius 2 is 2.08 bits per heavy atom. The minimum atomic E-state index is -3.60. The maximum absolute atomic E-state index is 12.8. The molecule has 0 radical (unpaired) electrons. The fourth-order valence-electron chi connectivity index (χ4n) is 3.19. The lowest BCUT2D eigenvalue weighted by Crippen LogP contribution is -2.32. The summed E-state index contributed by atoms with van der Waals surface area (Å²) in [6.45, 7) is 3.57. The van der Waals surface area contributed by atoms with Gasteiger partial charge in [-0.1, -0.05) is 31.4 Å². The number of hydrogen-bond acceptors (Lipinski definition) is 3. The minimum absolute atomic E-state index is 0.0523. The number of halogens is 1. The number of likely N-dealkylation sites (tertiary alicyclic amines) is 1. The van der Waals surface area contributed by atoms with Gasteiger partial charge in [0.15, 0.2) is 0 Å². The Labute approximate surface area is 149 Å².